The number of nitrogens with one attached hydrogen (secondary N) is 1. The van der Waals surface area contributed by atoms with E-state index in [4.69, 9.17) is 16.6 Å². The van der Waals surface area contributed by atoms with Crippen molar-refractivity contribution in [2.75, 3.05) is 0 Å². The number of H-pyrrole nitrogens is 1. The fourth-order valence-corrected chi connectivity index (χ4v) is 5.62. The van der Waals surface area contributed by atoms with E-state index >= 15 is 0 Å². The number of hydrogen-bond donors (Lipinski definition) is 1. The Labute approximate surface area is 201 Å². The number of hydrogen-bond acceptors (Lipinski definition) is 3. The molecule has 3 aromatic carbocycles. The van der Waals surface area contributed by atoms with Crippen LogP contribution in [0.2, 0.25) is 5.02 Å². The normalized spacial score (nSPS) is 11.4. The number of aromatic amines is 1. The van der Waals surface area contributed by atoms with E-state index in [1.165, 1.54) is 0 Å². The number of aromatic nitrogens is 2. The van der Waals surface area contributed by atoms with Gasteiger partial charge < -0.3 is 4.98 Å². The first-order valence-corrected chi connectivity index (χ1v) is 12.2. The molecule has 1 N–H and O–H groups in total. The van der Waals surface area contributed by atoms with Crippen molar-refractivity contribution in [3.63, 3.8) is 0 Å². The second kappa shape index (κ2) is 8.97. The third-order valence-corrected chi connectivity index (χ3v) is 7.61. The number of aryl methyl sites for hydroxylation is 2. The Bertz CT molecular complexity index is 1450. The fraction of sp³-hybridized carbons (Fsp3) is 0.143. The third kappa shape index (κ3) is 4.01. The van der Waals surface area contributed by atoms with Crippen LogP contribution in [0.25, 0.3) is 21.3 Å². The van der Waals surface area contributed by atoms with E-state index in [0.717, 1.165) is 49.0 Å². The second-order valence-electron chi connectivity index (χ2n) is 8.10. The molecule has 2 heterocycles. The predicted octanol–water partition coefficient (Wildman–Crippen LogP) is 7.36. The van der Waals surface area contributed by atoms with Gasteiger partial charge in [-0.3, -0.25) is 4.79 Å². The quantitative estimate of drug-likeness (QED) is 0.291. The topological polar surface area (TPSA) is 45.8 Å². The fourth-order valence-electron chi connectivity index (χ4n) is 4.36. The van der Waals surface area contributed by atoms with Crippen molar-refractivity contribution >= 4 is 33.2 Å². The summed E-state index contributed by atoms with van der Waals surface area (Å²) in [5, 5.41) is 1.38. The molecule has 164 valence electrons. The van der Waals surface area contributed by atoms with Crippen LogP contribution >= 0.6 is 22.9 Å². The van der Waals surface area contributed by atoms with Crippen LogP contribution in [0, 0.1) is 6.92 Å². The lowest BCUT2D eigenvalue weighted by Gasteiger charge is -2.17. The zero-order chi connectivity index (χ0) is 22.9. The molecule has 0 aliphatic carbocycles. The molecule has 0 spiro atoms. The molecule has 0 saturated heterocycles. The lowest BCUT2D eigenvalue weighted by molar-refractivity contribution is 0.860. The molecular formula is C28H23ClN2OS. The Morgan fingerprint density at radius 3 is 2.18 bits per heavy atom. The smallest absolute Gasteiger partial charge is 0.260 e. The van der Waals surface area contributed by atoms with Gasteiger partial charge in [-0.1, -0.05) is 85.3 Å². The molecule has 5 heteroatoms. The average molecular weight is 471 g/mol. The van der Waals surface area contributed by atoms with Gasteiger partial charge in [0.15, 0.2) is 0 Å². The minimum absolute atomic E-state index is 0.106. The van der Waals surface area contributed by atoms with Crippen molar-refractivity contribution in [1.29, 1.82) is 0 Å². The van der Waals surface area contributed by atoms with E-state index < -0.39 is 0 Å². The van der Waals surface area contributed by atoms with Crippen molar-refractivity contribution < 1.29 is 0 Å². The number of rotatable bonds is 5. The molecule has 0 unspecified atom stereocenters. The lowest BCUT2D eigenvalue weighted by atomic mass is 9.90. The zero-order valence-corrected chi connectivity index (χ0v) is 20.0. The summed E-state index contributed by atoms with van der Waals surface area (Å²) >= 11 is 7.86. The monoisotopic (exact) mass is 470 g/mol. The summed E-state index contributed by atoms with van der Waals surface area (Å²) in [5.74, 6) is 0.505. The van der Waals surface area contributed by atoms with Crippen LogP contribution < -0.4 is 5.56 Å². The van der Waals surface area contributed by atoms with E-state index in [1.807, 2.05) is 61.5 Å². The number of halogens is 1. The van der Waals surface area contributed by atoms with Crippen LogP contribution in [0.4, 0.5) is 0 Å². The van der Waals surface area contributed by atoms with E-state index in [0.29, 0.717) is 11.2 Å². The first-order chi connectivity index (χ1) is 16.1. The molecule has 0 fully saturated rings. The third-order valence-electron chi connectivity index (χ3n) is 5.96. The number of thiophene rings is 1. The maximum atomic E-state index is 13.5. The first kappa shape index (κ1) is 21.6. The number of benzene rings is 3. The number of nitrogens with zero attached hydrogens (tertiary/aromatic N) is 1. The summed E-state index contributed by atoms with van der Waals surface area (Å²) < 4.78 is 0. The van der Waals surface area contributed by atoms with E-state index in [2.05, 4.69) is 36.2 Å². The molecule has 0 saturated carbocycles. The van der Waals surface area contributed by atoms with E-state index in [9.17, 15) is 4.79 Å². The maximum absolute atomic E-state index is 13.5. The van der Waals surface area contributed by atoms with Crippen LogP contribution in [-0.2, 0) is 6.42 Å². The molecule has 3 nitrogen and oxygen atoms in total. The van der Waals surface area contributed by atoms with Crippen LogP contribution in [0.15, 0.2) is 83.7 Å². The van der Waals surface area contributed by atoms with Gasteiger partial charge in [-0.15, -0.1) is 11.3 Å². The lowest BCUT2D eigenvalue weighted by Crippen LogP contribution is -2.16. The Morgan fingerprint density at radius 2 is 1.61 bits per heavy atom. The van der Waals surface area contributed by atoms with Gasteiger partial charge >= 0.3 is 0 Å². The largest absolute Gasteiger partial charge is 0.309 e. The molecule has 0 aliphatic rings. The van der Waals surface area contributed by atoms with E-state index in [-0.39, 0.29) is 11.5 Å². The number of fused-ring (bicyclic) bond motifs is 1. The van der Waals surface area contributed by atoms with Crippen molar-refractivity contribution in [3.8, 4) is 11.1 Å². The van der Waals surface area contributed by atoms with Crippen molar-refractivity contribution in [2.24, 2.45) is 0 Å². The average Bonchev–Trinajstić information content (AvgIpc) is 3.22. The summed E-state index contributed by atoms with van der Waals surface area (Å²) in [6, 6.07) is 26.3. The molecular weight excluding hydrogens is 448 g/mol. The molecule has 0 bridgehead atoms. The van der Waals surface area contributed by atoms with Crippen molar-refractivity contribution in [2.45, 2.75) is 26.2 Å². The Balaban J connectivity index is 1.74. The highest BCUT2D eigenvalue weighted by molar-refractivity contribution is 7.19. The highest BCUT2D eigenvalue weighted by atomic mass is 35.5. The predicted molar refractivity (Wildman–Crippen MR) is 139 cm³/mol. The van der Waals surface area contributed by atoms with Gasteiger partial charge in [0.2, 0.25) is 0 Å². The second-order valence-corrected chi connectivity index (χ2v) is 9.59. The summed E-state index contributed by atoms with van der Waals surface area (Å²) in [6.45, 7) is 4.10. The summed E-state index contributed by atoms with van der Waals surface area (Å²) in [4.78, 5) is 23.6. The Morgan fingerprint density at radius 1 is 0.970 bits per heavy atom. The van der Waals surface area contributed by atoms with Gasteiger partial charge in [0.05, 0.1) is 11.3 Å². The minimum atomic E-state index is -0.155. The first-order valence-electron chi connectivity index (χ1n) is 11.0. The van der Waals surface area contributed by atoms with Gasteiger partial charge in [0, 0.05) is 15.5 Å². The summed E-state index contributed by atoms with van der Waals surface area (Å²) in [5.41, 5.74) is 5.03. The van der Waals surface area contributed by atoms with Gasteiger partial charge in [-0.2, -0.15) is 0 Å². The molecule has 5 rings (SSSR count). The van der Waals surface area contributed by atoms with Gasteiger partial charge in [0.1, 0.15) is 10.7 Å². The highest BCUT2D eigenvalue weighted by Crippen LogP contribution is 2.39. The molecule has 2 aromatic heterocycles. The van der Waals surface area contributed by atoms with Crippen LogP contribution in [0.3, 0.4) is 0 Å². The van der Waals surface area contributed by atoms with Gasteiger partial charge in [-0.25, -0.2) is 4.98 Å². The molecule has 0 atom stereocenters. The van der Waals surface area contributed by atoms with Crippen molar-refractivity contribution in [1.82, 2.24) is 9.97 Å². The van der Waals surface area contributed by atoms with Crippen LogP contribution in [0.5, 0.6) is 0 Å². The molecule has 33 heavy (non-hydrogen) atoms. The standard InChI is InChI=1S/C28H23ClN2OS/c1-3-22-24(20-14-15-21(29)17(2)16-20)25-27(32)30-26(31-28(25)33-22)23(18-10-6-4-7-11-18)19-12-8-5-9-13-19/h4-16,23H,3H2,1-2H3,(H,30,31,32). The summed E-state index contributed by atoms with van der Waals surface area (Å²) in [6.07, 6.45) is 0.827. The van der Waals surface area contributed by atoms with Crippen LogP contribution in [-0.4, -0.2) is 9.97 Å². The molecule has 0 aliphatic heterocycles. The molecule has 5 aromatic rings. The Kier molecular flexibility index (Phi) is 5.88. The highest BCUT2D eigenvalue weighted by Gasteiger charge is 2.23. The Hall–Kier alpha value is -3.21. The van der Waals surface area contributed by atoms with E-state index in [1.54, 1.807) is 11.3 Å². The zero-order valence-electron chi connectivity index (χ0n) is 18.4. The van der Waals surface area contributed by atoms with Crippen LogP contribution in [0.1, 0.15) is 40.2 Å². The van der Waals surface area contributed by atoms with Gasteiger partial charge in [-0.05, 0) is 47.7 Å². The molecule has 0 radical (unpaired) electrons. The SMILES string of the molecule is CCc1sc2nc(C(c3ccccc3)c3ccccc3)[nH]c(=O)c2c1-c1ccc(Cl)c(C)c1. The van der Waals surface area contributed by atoms with Gasteiger partial charge in [0.25, 0.3) is 5.56 Å². The van der Waals surface area contributed by atoms with Crippen molar-refractivity contribution in [3.05, 3.63) is 122 Å². The summed E-state index contributed by atoms with van der Waals surface area (Å²) in [7, 11) is 0. The maximum Gasteiger partial charge on any atom is 0.260 e. The minimum Gasteiger partial charge on any atom is -0.309 e. The molecule has 0 amide bonds.